The zero-order valence-electron chi connectivity index (χ0n) is 19.7. The number of hydrogen-bond acceptors (Lipinski definition) is 6. The van der Waals surface area contributed by atoms with Crippen LogP contribution in [0.4, 0.5) is 4.39 Å². The first-order valence-corrected chi connectivity index (χ1v) is 13.3. The topological polar surface area (TPSA) is 61.2 Å². The van der Waals surface area contributed by atoms with Crippen LogP contribution >= 0.6 is 23.1 Å². The highest BCUT2D eigenvalue weighted by Gasteiger charge is 2.29. The van der Waals surface area contributed by atoms with Crippen molar-refractivity contribution < 1.29 is 13.9 Å². The molecule has 180 valence electrons. The summed E-state index contributed by atoms with van der Waals surface area (Å²) in [7, 11) is 0. The molecule has 0 saturated carbocycles. The van der Waals surface area contributed by atoms with E-state index in [1.54, 1.807) is 4.57 Å². The second-order valence-corrected chi connectivity index (χ2v) is 11.1. The van der Waals surface area contributed by atoms with Crippen molar-refractivity contribution >= 4 is 39.1 Å². The summed E-state index contributed by atoms with van der Waals surface area (Å²) < 4.78 is 20.9. The number of benzene rings is 2. The maximum atomic E-state index is 14.0. The molecule has 1 aliphatic rings. The van der Waals surface area contributed by atoms with Gasteiger partial charge in [0.25, 0.3) is 5.56 Å². The van der Waals surface area contributed by atoms with Gasteiger partial charge in [0.1, 0.15) is 10.6 Å². The van der Waals surface area contributed by atoms with Gasteiger partial charge in [-0.2, -0.15) is 0 Å². The third kappa shape index (κ3) is 4.70. The van der Waals surface area contributed by atoms with E-state index in [0.29, 0.717) is 45.6 Å². The number of thioether (sulfide) groups is 1. The number of Topliss-reactive ketones (excluding diaryl/α,β-unsaturated/α-hetero) is 1. The Kier molecular flexibility index (Phi) is 6.61. The minimum absolute atomic E-state index is 0.0644. The lowest BCUT2D eigenvalue weighted by molar-refractivity contribution is 0.00200. The average Bonchev–Trinajstić information content (AvgIpc) is 3.20. The Morgan fingerprint density at radius 1 is 1.26 bits per heavy atom. The summed E-state index contributed by atoms with van der Waals surface area (Å²) in [4.78, 5) is 33.3. The van der Waals surface area contributed by atoms with Crippen molar-refractivity contribution in [3.05, 3.63) is 86.3 Å². The second-order valence-electron chi connectivity index (χ2n) is 9.07. The number of carbonyl (C=O) groups excluding carboxylic acids is 1. The summed E-state index contributed by atoms with van der Waals surface area (Å²) in [6.07, 6.45) is 0.752. The number of rotatable bonds is 6. The molecule has 5 nitrogen and oxygen atoms in total. The molecule has 1 unspecified atom stereocenters. The summed E-state index contributed by atoms with van der Waals surface area (Å²) in [5.74, 6) is -0.116. The number of fused-ring (bicyclic) bond motifs is 3. The molecule has 0 aliphatic carbocycles. The molecule has 2 aromatic carbocycles. The number of halogens is 1. The molecule has 8 heteroatoms. The number of thiophene rings is 1. The SMILES string of the molecule is Cc1cccc(-n2c(SCC(=O)c3ccc(F)cc3)nc3sc4c(c3c2=O)CC(C(C)C)OC4)c1. The molecule has 0 spiro atoms. The average molecular weight is 509 g/mol. The van der Waals surface area contributed by atoms with Crippen LogP contribution in [0.5, 0.6) is 0 Å². The molecule has 1 aliphatic heterocycles. The Bertz CT molecular complexity index is 1470. The van der Waals surface area contributed by atoms with Gasteiger partial charge < -0.3 is 4.74 Å². The summed E-state index contributed by atoms with van der Waals surface area (Å²) >= 11 is 2.71. The molecule has 0 saturated heterocycles. The predicted octanol–water partition coefficient (Wildman–Crippen LogP) is 5.97. The number of nitrogens with zero attached hydrogens (tertiary/aromatic N) is 2. The van der Waals surface area contributed by atoms with E-state index < -0.39 is 0 Å². The first-order valence-electron chi connectivity index (χ1n) is 11.5. The summed E-state index contributed by atoms with van der Waals surface area (Å²) in [5.41, 5.74) is 3.07. The van der Waals surface area contributed by atoms with Gasteiger partial charge in [0.2, 0.25) is 0 Å². The Morgan fingerprint density at radius 3 is 2.74 bits per heavy atom. The molecule has 2 aromatic heterocycles. The van der Waals surface area contributed by atoms with E-state index in [2.05, 4.69) is 13.8 Å². The van der Waals surface area contributed by atoms with Gasteiger partial charge in [-0.25, -0.2) is 9.37 Å². The van der Waals surface area contributed by atoms with E-state index in [0.717, 1.165) is 16.0 Å². The Hall–Kier alpha value is -2.81. The molecular formula is C27H25FN2O3S2. The monoisotopic (exact) mass is 508 g/mol. The molecular weight excluding hydrogens is 483 g/mol. The van der Waals surface area contributed by atoms with Crippen molar-refractivity contribution in [1.82, 2.24) is 9.55 Å². The van der Waals surface area contributed by atoms with Crippen LogP contribution in [0.3, 0.4) is 0 Å². The van der Waals surface area contributed by atoms with Gasteiger partial charge in [-0.05, 0) is 60.4 Å². The number of aromatic nitrogens is 2. The van der Waals surface area contributed by atoms with Crippen LogP contribution in [-0.4, -0.2) is 27.2 Å². The molecule has 0 radical (unpaired) electrons. The normalized spacial score (nSPS) is 15.5. The van der Waals surface area contributed by atoms with Crippen molar-refractivity contribution in [3.63, 3.8) is 0 Å². The highest BCUT2D eigenvalue weighted by molar-refractivity contribution is 7.99. The third-order valence-corrected chi connectivity index (χ3v) is 8.25. The van der Waals surface area contributed by atoms with Crippen molar-refractivity contribution in [3.8, 4) is 5.69 Å². The quantitative estimate of drug-likeness (QED) is 0.183. The fourth-order valence-electron chi connectivity index (χ4n) is 4.28. The first kappa shape index (κ1) is 23.9. The number of carbonyl (C=O) groups is 1. The highest BCUT2D eigenvalue weighted by atomic mass is 32.2. The lowest BCUT2D eigenvalue weighted by Gasteiger charge is -2.26. The van der Waals surface area contributed by atoms with Crippen LogP contribution in [0.15, 0.2) is 58.5 Å². The first-order chi connectivity index (χ1) is 16.8. The van der Waals surface area contributed by atoms with Gasteiger partial charge in [-0.15, -0.1) is 11.3 Å². The molecule has 1 atom stereocenters. The number of ether oxygens (including phenoxy) is 1. The molecule has 35 heavy (non-hydrogen) atoms. The maximum Gasteiger partial charge on any atom is 0.267 e. The zero-order valence-corrected chi connectivity index (χ0v) is 21.3. The lowest BCUT2D eigenvalue weighted by Crippen LogP contribution is -2.28. The Balaban J connectivity index is 1.60. The second kappa shape index (κ2) is 9.68. The van der Waals surface area contributed by atoms with Gasteiger partial charge in [0, 0.05) is 16.9 Å². The summed E-state index contributed by atoms with van der Waals surface area (Å²) in [6, 6.07) is 13.2. The molecule has 0 amide bonds. The summed E-state index contributed by atoms with van der Waals surface area (Å²) in [5, 5.41) is 1.11. The fourth-order valence-corrected chi connectivity index (χ4v) is 6.35. The van der Waals surface area contributed by atoms with Gasteiger partial charge in [0.15, 0.2) is 10.9 Å². The third-order valence-electron chi connectivity index (χ3n) is 6.21. The van der Waals surface area contributed by atoms with E-state index >= 15 is 0 Å². The number of aryl methyl sites for hydroxylation is 1. The van der Waals surface area contributed by atoms with E-state index in [1.165, 1.54) is 47.4 Å². The Morgan fingerprint density at radius 2 is 2.03 bits per heavy atom. The maximum absolute atomic E-state index is 14.0. The highest BCUT2D eigenvalue weighted by Crippen LogP contribution is 2.36. The van der Waals surface area contributed by atoms with Crippen LogP contribution in [0.25, 0.3) is 15.9 Å². The molecule has 0 fully saturated rings. The van der Waals surface area contributed by atoms with E-state index in [4.69, 9.17) is 9.72 Å². The number of ketones is 1. The van der Waals surface area contributed by atoms with Crippen LogP contribution in [0.2, 0.25) is 0 Å². The molecule has 0 bridgehead atoms. The van der Waals surface area contributed by atoms with Crippen LogP contribution in [0.1, 0.15) is 40.2 Å². The molecule has 3 heterocycles. The molecule has 4 aromatic rings. The summed E-state index contributed by atoms with van der Waals surface area (Å²) in [6.45, 7) is 6.71. The number of hydrogen-bond donors (Lipinski definition) is 0. The zero-order chi connectivity index (χ0) is 24.7. The van der Waals surface area contributed by atoms with E-state index in [1.807, 2.05) is 31.2 Å². The van der Waals surface area contributed by atoms with E-state index in [-0.39, 0.29) is 29.0 Å². The van der Waals surface area contributed by atoms with Gasteiger partial charge in [-0.3, -0.25) is 14.2 Å². The molecule has 0 N–H and O–H groups in total. The largest absolute Gasteiger partial charge is 0.372 e. The van der Waals surface area contributed by atoms with Crippen molar-refractivity contribution in [2.75, 3.05) is 5.75 Å². The standard InChI is InChI=1S/C27H25FN2O3S2/c1-15(2)22-12-20-23(13-33-22)35-25-24(20)26(32)30(19-6-4-5-16(3)11-19)27(29-25)34-14-21(31)17-7-9-18(28)10-8-17/h4-11,15,22H,12-14H2,1-3H3. The van der Waals surface area contributed by atoms with Crippen LogP contribution in [-0.2, 0) is 17.8 Å². The predicted molar refractivity (Wildman–Crippen MR) is 139 cm³/mol. The smallest absolute Gasteiger partial charge is 0.267 e. The van der Waals surface area contributed by atoms with Crippen LogP contribution in [0, 0.1) is 18.7 Å². The van der Waals surface area contributed by atoms with Crippen LogP contribution < -0.4 is 5.56 Å². The lowest BCUT2D eigenvalue weighted by atomic mass is 9.96. The van der Waals surface area contributed by atoms with Crippen molar-refractivity contribution in [2.45, 2.75) is 45.1 Å². The van der Waals surface area contributed by atoms with Gasteiger partial charge >= 0.3 is 0 Å². The fraction of sp³-hybridized carbons (Fsp3) is 0.296. The van der Waals surface area contributed by atoms with Crippen molar-refractivity contribution in [1.29, 1.82) is 0 Å². The van der Waals surface area contributed by atoms with Crippen molar-refractivity contribution in [2.24, 2.45) is 5.92 Å². The van der Waals surface area contributed by atoms with Gasteiger partial charge in [0.05, 0.1) is 29.5 Å². The minimum Gasteiger partial charge on any atom is -0.372 e. The molecule has 5 rings (SSSR count). The Labute approximate surface area is 211 Å². The minimum atomic E-state index is -0.389. The van der Waals surface area contributed by atoms with E-state index in [9.17, 15) is 14.0 Å². The van der Waals surface area contributed by atoms with Gasteiger partial charge in [-0.1, -0.05) is 37.7 Å².